The third-order valence-electron chi connectivity index (χ3n) is 4.26. The first kappa shape index (κ1) is 13.7. The maximum Gasteiger partial charge on any atom is 0.407 e. The fourth-order valence-electron chi connectivity index (χ4n) is 3.44. The van der Waals surface area contributed by atoms with Gasteiger partial charge in [-0.25, -0.2) is 4.79 Å². The Kier molecular flexibility index (Phi) is 3.34. The zero-order valence-corrected chi connectivity index (χ0v) is 11.7. The van der Waals surface area contributed by atoms with E-state index in [1.807, 2.05) is 20.8 Å². The van der Waals surface area contributed by atoms with E-state index in [-0.39, 0.29) is 18.1 Å². The van der Waals surface area contributed by atoms with E-state index in [4.69, 9.17) is 4.74 Å². The zero-order chi connectivity index (χ0) is 13.4. The fraction of sp³-hybridized carbons (Fsp3) is 0.929. The molecular weight excluding hydrogens is 230 g/mol. The van der Waals surface area contributed by atoms with Crippen molar-refractivity contribution in [1.29, 1.82) is 0 Å². The van der Waals surface area contributed by atoms with Crippen LogP contribution in [0, 0.1) is 10.8 Å². The summed E-state index contributed by atoms with van der Waals surface area (Å²) >= 11 is 0. The SMILES string of the molecule is CC(C)(C)OC(=O)NCC1(CO)CC2(CCC2)C1. The highest BCUT2D eigenvalue weighted by Crippen LogP contribution is 2.63. The zero-order valence-electron chi connectivity index (χ0n) is 11.7. The molecule has 1 amide bonds. The summed E-state index contributed by atoms with van der Waals surface area (Å²) in [6.07, 6.45) is 5.62. The van der Waals surface area contributed by atoms with Crippen molar-refractivity contribution in [2.24, 2.45) is 10.8 Å². The maximum atomic E-state index is 11.6. The van der Waals surface area contributed by atoms with Crippen molar-refractivity contribution < 1.29 is 14.6 Å². The number of amides is 1. The number of carbonyl (C=O) groups excluding carboxylic acids is 1. The molecule has 2 fully saturated rings. The van der Waals surface area contributed by atoms with E-state index in [1.165, 1.54) is 19.3 Å². The summed E-state index contributed by atoms with van der Waals surface area (Å²) in [7, 11) is 0. The Hall–Kier alpha value is -0.770. The van der Waals surface area contributed by atoms with Gasteiger partial charge in [-0.3, -0.25) is 0 Å². The number of hydrogen-bond donors (Lipinski definition) is 2. The number of nitrogens with one attached hydrogen (secondary N) is 1. The smallest absolute Gasteiger partial charge is 0.407 e. The quantitative estimate of drug-likeness (QED) is 0.814. The van der Waals surface area contributed by atoms with Crippen LogP contribution in [0.15, 0.2) is 0 Å². The molecule has 104 valence electrons. The van der Waals surface area contributed by atoms with E-state index in [9.17, 15) is 9.90 Å². The number of aliphatic hydroxyl groups excluding tert-OH is 1. The van der Waals surface area contributed by atoms with Gasteiger partial charge in [-0.1, -0.05) is 6.42 Å². The number of aliphatic hydroxyl groups is 1. The lowest BCUT2D eigenvalue weighted by Crippen LogP contribution is -2.57. The molecule has 2 rings (SSSR count). The Morgan fingerprint density at radius 2 is 1.94 bits per heavy atom. The molecule has 0 saturated heterocycles. The van der Waals surface area contributed by atoms with E-state index in [0.29, 0.717) is 12.0 Å². The Morgan fingerprint density at radius 1 is 1.33 bits per heavy atom. The molecule has 0 atom stereocenters. The minimum atomic E-state index is -0.467. The van der Waals surface area contributed by atoms with Gasteiger partial charge in [0.1, 0.15) is 5.60 Å². The van der Waals surface area contributed by atoms with Crippen LogP contribution in [0.4, 0.5) is 4.79 Å². The fourth-order valence-corrected chi connectivity index (χ4v) is 3.44. The standard InChI is InChI=1S/C14H25NO3/c1-12(2,3)18-11(17)15-9-14(10-16)7-13(8-14)5-4-6-13/h16H,4-10H2,1-3H3,(H,15,17). The lowest BCUT2D eigenvalue weighted by molar-refractivity contribution is -0.118. The minimum Gasteiger partial charge on any atom is -0.444 e. The molecule has 0 heterocycles. The predicted molar refractivity (Wildman–Crippen MR) is 69.3 cm³/mol. The molecule has 0 aromatic rings. The first-order valence-corrected chi connectivity index (χ1v) is 6.86. The van der Waals surface area contributed by atoms with Crippen LogP contribution < -0.4 is 5.32 Å². The molecule has 18 heavy (non-hydrogen) atoms. The predicted octanol–water partition coefficient (Wildman–Crippen LogP) is 2.45. The molecule has 0 aliphatic heterocycles. The van der Waals surface area contributed by atoms with Gasteiger partial charge in [0.05, 0.1) is 6.61 Å². The van der Waals surface area contributed by atoms with Crippen LogP contribution in [0.3, 0.4) is 0 Å². The summed E-state index contributed by atoms with van der Waals surface area (Å²) in [5.74, 6) is 0. The van der Waals surface area contributed by atoms with Gasteiger partial charge in [0.2, 0.25) is 0 Å². The number of rotatable bonds is 3. The molecule has 2 aliphatic rings. The lowest BCUT2D eigenvalue weighted by atomic mass is 9.45. The third kappa shape index (κ3) is 2.79. The summed E-state index contributed by atoms with van der Waals surface area (Å²) < 4.78 is 5.21. The molecular formula is C14H25NO3. The van der Waals surface area contributed by atoms with Gasteiger partial charge >= 0.3 is 6.09 Å². The van der Waals surface area contributed by atoms with E-state index in [2.05, 4.69) is 5.32 Å². The Morgan fingerprint density at radius 3 is 2.33 bits per heavy atom. The van der Waals surface area contributed by atoms with Gasteiger partial charge in [0, 0.05) is 12.0 Å². The van der Waals surface area contributed by atoms with Crippen molar-refractivity contribution in [3.63, 3.8) is 0 Å². The number of hydrogen-bond acceptors (Lipinski definition) is 3. The average Bonchev–Trinajstić information content (AvgIpc) is 2.11. The molecule has 0 radical (unpaired) electrons. The van der Waals surface area contributed by atoms with Crippen molar-refractivity contribution in [2.75, 3.05) is 13.2 Å². The monoisotopic (exact) mass is 255 g/mol. The van der Waals surface area contributed by atoms with Crippen LogP contribution in [0.5, 0.6) is 0 Å². The van der Waals surface area contributed by atoms with Gasteiger partial charge in [-0.15, -0.1) is 0 Å². The van der Waals surface area contributed by atoms with Crippen molar-refractivity contribution >= 4 is 6.09 Å². The van der Waals surface area contributed by atoms with Crippen molar-refractivity contribution in [3.05, 3.63) is 0 Å². The van der Waals surface area contributed by atoms with Crippen LogP contribution in [0.1, 0.15) is 52.9 Å². The van der Waals surface area contributed by atoms with E-state index in [1.54, 1.807) is 0 Å². The summed E-state index contributed by atoms with van der Waals surface area (Å²) in [6, 6.07) is 0. The van der Waals surface area contributed by atoms with Crippen molar-refractivity contribution in [3.8, 4) is 0 Å². The van der Waals surface area contributed by atoms with Crippen LogP contribution in [-0.4, -0.2) is 30.0 Å². The largest absolute Gasteiger partial charge is 0.444 e. The molecule has 1 spiro atoms. The molecule has 0 bridgehead atoms. The summed E-state index contributed by atoms with van der Waals surface area (Å²) in [6.45, 7) is 6.23. The maximum absolute atomic E-state index is 11.6. The Balaban J connectivity index is 1.77. The topological polar surface area (TPSA) is 58.6 Å². The van der Waals surface area contributed by atoms with E-state index < -0.39 is 5.60 Å². The first-order valence-electron chi connectivity index (χ1n) is 6.86. The molecule has 2 aliphatic carbocycles. The van der Waals surface area contributed by atoms with Crippen molar-refractivity contribution in [1.82, 2.24) is 5.32 Å². The Labute approximate surface area is 109 Å². The van der Waals surface area contributed by atoms with Crippen molar-refractivity contribution in [2.45, 2.75) is 58.5 Å². The normalized spacial score (nSPS) is 24.0. The van der Waals surface area contributed by atoms with Gasteiger partial charge in [0.15, 0.2) is 0 Å². The van der Waals surface area contributed by atoms with Crippen LogP contribution >= 0.6 is 0 Å². The third-order valence-corrected chi connectivity index (χ3v) is 4.26. The summed E-state index contributed by atoms with van der Waals surface area (Å²) in [4.78, 5) is 11.6. The van der Waals surface area contributed by atoms with Crippen LogP contribution in [0.25, 0.3) is 0 Å². The number of alkyl carbamates (subject to hydrolysis) is 1. The molecule has 0 aromatic carbocycles. The van der Waals surface area contributed by atoms with Gasteiger partial charge in [-0.2, -0.15) is 0 Å². The molecule has 4 nitrogen and oxygen atoms in total. The first-order chi connectivity index (χ1) is 8.28. The van der Waals surface area contributed by atoms with Gasteiger partial charge < -0.3 is 15.2 Å². The molecule has 2 N–H and O–H groups in total. The second-order valence-electron chi connectivity index (χ2n) is 7.22. The average molecular weight is 255 g/mol. The van der Waals surface area contributed by atoms with E-state index in [0.717, 1.165) is 12.8 Å². The summed E-state index contributed by atoms with van der Waals surface area (Å²) in [5.41, 5.74) is -0.0685. The summed E-state index contributed by atoms with van der Waals surface area (Å²) in [5, 5.41) is 12.3. The number of ether oxygens (including phenoxy) is 1. The lowest BCUT2D eigenvalue weighted by Gasteiger charge is -2.60. The molecule has 4 heteroatoms. The minimum absolute atomic E-state index is 0.0999. The molecule has 2 saturated carbocycles. The molecule has 0 unspecified atom stereocenters. The van der Waals surface area contributed by atoms with Gasteiger partial charge in [-0.05, 0) is 51.9 Å². The number of carbonyl (C=O) groups is 1. The highest BCUT2D eigenvalue weighted by Gasteiger charge is 2.56. The second kappa shape index (κ2) is 4.41. The van der Waals surface area contributed by atoms with Crippen LogP contribution in [-0.2, 0) is 4.74 Å². The van der Waals surface area contributed by atoms with Gasteiger partial charge in [0.25, 0.3) is 0 Å². The highest BCUT2D eigenvalue weighted by molar-refractivity contribution is 5.67. The van der Waals surface area contributed by atoms with Crippen LogP contribution in [0.2, 0.25) is 0 Å². The highest BCUT2D eigenvalue weighted by atomic mass is 16.6. The Bertz CT molecular complexity index is 320. The molecule has 0 aromatic heterocycles. The second-order valence-corrected chi connectivity index (χ2v) is 7.22. The van der Waals surface area contributed by atoms with E-state index >= 15 is 0 Å².